The van der Waals surface area contributed by atoms with Crippen LogP contribution in [0.2, 0.25) is 5.02 Å². The van der Waals surface area contributed by atoms with Crippen LogP contribution in [0.15, 0.2) is 73.3 Å². The van der Waals surface area contributed by atoms with Gasteiger partial charge in [0.25, 0.3) is 0 Å². The van der Waals surface area contributed by atoms with Gasteiger partial charge < -0.3 is 9.30 Å². The van der Waals surface area contributed by atoms with Gasteiger partial charge in [0.1, 0.15) is 5.75 Å². The summed E-state index contributed by atoms with van der Waals surface area (Å²) in [5.74, 6) is 0.590. The van der Waals surface area contributed by atoms with Gasteiger partial charge in [0.15, 0.2) is 5.78 Å². The maximum Gasteiger partial charge on any atom is 0.198 e. The van der Waals surface area contributed by atoms with Gasteiger partial charge >= 0.3 is 0 Å². The van der Waals surface area contributed by atoms with E-state index in [1.165, 1.54) is 0 Å². The number of benzene rings is 2. The van der Waals surface area contributed by atoms with Crippen LogP contribution in [0.3, 0.4) is 0 Å². The Labute approximate surface area is 195 Å². The fourth-order valence-electron chi connectivity index (χ4n) is 4.00. The number of nitrogens with zero attached hydrogens (tertiary/aromatic N) is 5. The van der Waals surface area contributed by atoms with E-state index in [9.17, 15) is 4.79 Å². The number of ketones is 1. The van der Waals surface area contributed by atoms with Crippen molar-refractivity contribution in [2.75, 3.05) is 7.11 Å². The fourth-order valence-corrected chi connectivity index (χ4v) is 4.12. The zero-order valence-electron chi connectivity index (χ0n) is 18.1. The molecule has 5 aromatic rings. The molecule has 0 amide bonds. The highest BCUT2D eigenvalue weighted by Gasteiger charge is 2.23. The van der Waals surface area contributed by atoms with E-state index in [4.69, 9.17) is 16.3 Å². The lowest BCUT2D eigenvalue weighted by Gasteiger charge is -2.09. The molecule has 3 heterocycles. The molecular formula is C25H20ClN5O2. The van der Waals surface area contributed by atoms with Crippen LogP contribution in [-0.4, -0.2) is 37.4 Å². The first kappa shape index (κ1) is 20.9. The van der Waals surface area contributed by atoms with Crippen molar-refractivity contribution in [1.29, 1.82) is 0 Å². The van der Waals surface area contributed by atoms with Gasteiger partial charge in [-0.1, -0.05) is 23.7 Å². The summed E-state index contributed by atoms with van der Waals surface area (Å²) >= 11 is 6.05. The summed E-state index contributed by atoms with van der Waals surface area (Å²) in [6.07, 6.45) is 6.46. The van der Waals surface area contributed by atoms with Gasteiger partial charge in [0, 0.05) is 34.4 Å². The van der Waals surface area contributed by atoms with Gasteiger partial charge in [-0.15, -0.1) is 0 Å². The Hall–Kier alpha value is -3.97. The van der Waals surface area contributed by atoms with E-state index >= 15 is 0 Å². The zero-order valence-corrected chi connectivity index (χ0v) is 18.8. The lowest BCUT2D eigenvalue weighted by atomic mass is 10.0. The first-order valence-corrected chi connectivity index (χ1v) is 10.7. The van der Waals surface area contributed by atoms with Crippen molar-refractivity contribution in [3.8, 4) is 11.4 Å². The third-order valence-electron chi connectivity index (χ3n) is 5.69. The van der Waals surface area contributed by atoms with E-state index in [0.717, 1.165) is 27.8 Å². The summed E-state index contributed by atoms with van der Waals surface area (Å²) in [7, 11) is 1.62. The Morgan fingerprint density at radius 1 is 1.06 bits per heavy atom. The summed E-state index contributed by atoms with van der Waals surface area (Å²) in [6, 6.07) is 15.3. The maximum absolute atomic E-state index is 13.7. The van der Waals surface area contributed by atoms with Crippen molar-refractivity contribution in [3.63, 3.8) is 0 Å². The minimum atomic E-state index is -0.103. The summed E-state index contributed by atoms with van der Waals surface area (Å²) in [6.45, 7) is 2.58. The number of hydrogen-bond donors (Lipinski definition) is 0. The average Bonchev–Trinajstić information content (AvgIpc) is 3.44. The van der Waals surface area contributed by atoms with E-state index in [0.29, 0.717) is 28.4 Å². The Bertz CT molecular complexity index is 1460. The summed E-state index contributed by atoms with van der Waals surface area (Å²) in [4.78, 5) is 13.7. The van der Waals surface area contributed by atoms with E-state index in [2.05, 4.69) is 19.9 Å². The molecule has 0 aliphatic heterocycles. The topological polar surface area (TPSA) is 74.8 Å². The highest BCUT2D eigenvalue weighted by Crippen LogP contribution is 2.32. The maximum atomic E-state index is 13.7. The molecule has 0 saturated carbocycles. The number of carbonyl (C=O) groups is 1. The fraction of sp³-hybridized carbons (Fsp3) is 0.120. The Morgan fingerprint density at radius 2 is 1.88 bits per heavy atom. The van der Waals surface area contributed by atoms with Crippen LogP contribution in [0.1, 0.15) is 27.2 Å². The van der Waals surface area contributed by atoms with E-state index in [1.54, 1.807) is 42.6 Å². The van der Waals surface area contributed by atoms with Crippen molar-refractivity contribution < 1.29 is 9.53 Å². The first-order valence-electron chi connectivity index (χ1n) is 10.3. The molecule has 33 heavy (non-hydrogen) atoms. The third kappa shape index (κ3) is 3.87. The van der Waals surface area contributed by atoms with Crippen LogP contribution in [-0.2, 0) is 6.54 Å². The Balaban J connectivity index is 1.61. The molecule has 0 saturated heterocycles. The lowest BCUT2D eigenvalue weighted by Crippen LogP contribution is -2.06. The number of rotatable bonds is 6. The molecule has 5 rings (SSSR count). The van der Waals surface area contributed by atoms with Crippen molar-refractivity contribution in [1.82, 2.24) is 24.5 Å². The minimum absolute atomic E-state index is 0.103. The molecule has 0 atom stereocenters. The molecule has 2 aromatic carbocycles. The molecule has 0 aliphatic carbocycles. The van der Waals surface area contributed by atoms with E-state index in [-0.39, 0.29) is 5.78 Å². The molecule has 0 N–H and O–H groups in total. The van der Waals surface area contributed by atoms with Crippen molar-refractivity contribution in [2.45, 2.75) is 13.5 Å². The number of halogens is 1. The van der Waals surface area contributed by atoms with Gasteiger partial charge in [-0.25, -0.2) is 4.68 Å². The molecule has 3 aromatic heterocycles. The van der Waals surface area contributed by atoms with E-state index in [1.807, 2.05) is 49.4 Å². The normalized spacial score (nSPS) is 11.1. The molecule has 0 radical (unpaired) electrons. The standard InChI is InChI=1S/C25H20ClN5O2/c1-16-24(25(32)18-12-29-31(15-18)20-9-10-27-28-13-20)22-11-21(33-2)7-8-23(22)30(16)14-17-3-5-19(26)6-4-17/h3-13,15H,14H2,1-2H3. The van der Waals surface area contributed by atoms with Gasteiger partial charge in [0.05, 0.1) is 42.5 Å². The van der Waals surface area contributed by atoms with Gasteiger partial charge in [-0.2, -0.15) is 15.3 Å². The van der Waals surface area contributed by atoms with E-state index < -0.39 is 0 Å². The quantitative estimate of drug-likeness (QED) is 0.340. The number of aromatic nitrogens is 5. The predicted molar refractivity (Wildman–Crippen MR) is 126 cm³/mol. The number of hydrogen-bond acceptors (Lipinski definition) is 5. The van der Waals surface area contributed by atoms with Gasteiger partial charge in [-0.05, 0) is 48.9 Å². The highest BCUT2D eigenvalue weighted by molar-refractivity contribution is 6.30. The van der Waals surface area contributed by atoms with Crippen LogP contribution in [0, 0.1) is 6.92 Å². The second-order valence-electron chi connectivity index (χ2n) is 7.66. The summed E-state index contributed by atoms with van der Waals surface area (Å²) in [5.41, 5.74) is 4.77. The Kier molecular flexibility index (Phi) is 5.40. The van der Waals surface area contributed by atoms with Crippen molar-refractivity contribution in [3.05, 3.63) is 101 Å². The lowest BCUT2D eigenvalue weighted by molar-refractivity contribution is 0.103. The number of methoxy groups -OCH3 is 1. The molecule has 0 aliphatic rings. The van der Waals surface area contributed by atoms with Crippen LogP contribution in [0.25, 0.3) is 16.6 Å². The number of carbonyl (C=O) groups excluding carboxylic acids is 1. The molecule has 0 unspecified atom stereocenters. The summed E-state index contributed by atoms with van der Waals surface area (Å²) in [5, 5.41) is 13.5. The minimum Gasteiger partial charge on any atom is -0.497 e. The van der Waals surface area contributed by atoms with Crippen molar-refractivity contribution >= 4 is 28.3 Å². The highest BCUT2D eigenvalue weighted by atomic mass is 35.5. The first-order chi connectivity index (χ1) is 16.0. The van der Waals surface area contributed by atoms with Crippen LogP contribution >= 0.6 is 11.6 Å². The molecule has 0 fully saturated rings. The van der Waals surface area contributed by atoms with Crippen molar-refractivity contribution in [2.24, 2.45) is 0 Å². The number of fused-ring (bicyclic) bond motifs is 1. The molecule has 0 spiro atoms. The summed E-state index contributed by atoms with van der Waals surface area (Å²) < 4.78 is 9.20. The molecule has 8 heteroatoms. The monoisotopic (exact) mass is 457 g/mol. The number of ether oxygens (including phenoxy) is 1. The van der Waals surface area contributed by atoms with Crippen LogP contribution < -0.4 is 4.74 Å². The smallest absolute Gasteiger partial charge is 0.198 e. The second-order valence-corrected chi connectivity index (χ2v) is 8.10. The average molecular weight is 458 g/mol. The Morgan fingerprint density at radius 3 is 2.61 bits per heavy atom. The zero-order chi connectivity index (χ0) is 22.9. The molecular weight excluding hydrogens is 438 g/mol. The SMILES string of the molecule is COc1ccc2c(c1)c(C(=O)c1cnn(-c3ccnnc3)c1)c(C)n2Cc1ccc(Cl)cc1. The predicted octanol–water partition coefficient (Wildman–Crippen LogP) is 4.87. The van der Waals surface area contributed by atoms with Gasteiger partial charge in [-0.3, -0.25) is 4.79 Å². The van der Waals surface area contributed by atoms with Crippen LogP contribution in [0.4, 0.5) is 0 Å². The van der Waals surface area contributed by atoms with Gasteiger partial charge in [0.2, 0.25) is 0 Å². The largest absolute Gasteiger partial charge is 0.497 e. The third-order valence-corrected chi connectivity index (χ3v) is 5.94. The second kappa shape index (κ2) is 8.52. The molecule has 164 valence electrons. The molecule has 7 nitrogen and oxygen atoms in total. The molecule has 0 bridgehead atoms. The van der Waals surface area contributed by atoms with Crippen LogP contribution in [0.5, 0.6) is 5.75 Å².